The van der Waals surface area contributed by atoms with Crippen molar-refractivity contribution in [2.45, 2.75) is 60.5 Å². The van der Waals surface area contributed by atoms with Crippen molar-refractivity contribution >= 4 is 77.9 Å². The van der Waals surface area contributed by atoms with E-state index in [1.165, 1.54) is 13.1 Å². The minimum atomic E-state index is -1.26. The second-order valence-electron chi connectivity index (χ2n) is 5.91. The Hall–Kier alpha value is -1.05. The largest absolute Gasteiger partial charge is 0.463 e. The Balaban J connectivity index is 3.37. The molecule has 29 heavy (non-hydrogen) atoms. The normalized spacial score (nSPS) is 27.2. The number of ether oxygens (including phenoxy) is 5. The predicted octanol–water partition coefficient (Wildman–Crippen LogP) is 1.98. The quantitative estimate of drug-likeness (QED) is 0.192. The number of halogens is 3. The lowest BCUT2D eigenvalue weighted by Crippen LogP contribution is -2.62. The van der Waals surface area contributed by atoms with Crippen LogP contribution in [0, 0.1) is 0 Å². The molecule has 0 amide bonds. The Labute approximate surface area is 192 Å². The SMILES string of the molecule is CC(=O)OC[C@H]1O[C@@H](N=CC(Br)(Br)Br)[C@H](OC(C)=O)[C@@H](OC(C)=O)[C@H]1OC(C)=O. The summed E-state index contributed by atoms with van der Waals surface area (Å²) in [4.78, 5) is 50.4. The van der Waals surface area contributed by atoms with Gasteiger partial charge in [-0.3, -0.25) is 24.2 Å². The molecule has 0 unspecified atom stereocenters. The van der Waals surface area contributed by atoms with Gasteiger partial charge in [0.05, 0.1) is 0 Å². The molecule has 1 aliphatic heterocycles. The first-order valence-corrected chi connectivity index (χ1v) is 10.6. The zero-order valence-corrected chi connectivity index (χ0v) is 20.7. The fraction of sp³-hybridized carbons (Fsp3) is 0.688. The lowest BCUT2D eigenvalue weighted by Gasteiger charge is -2.43. The molecular weight excluding hydrogens is 590 g/mol. The number of nitrogens with zero attached hydrogens (tertiary/aromatic N) is 1. The van der Waals surface area contributed by atoms with Gasteiger partial charge >= 0.3 is 23.9 Å². The van der Waals surface area contributed by atoms with E-state index < -0.39 is 56.7 Å². The molecule has 1 saturated heterocycles. The molecule has 0 spiro atoms. The predicted molar refractivity (Wildman–Crippen MR) is 110 cm³/mol. The third kappa shape index (κ3) is 9.53. The van der Waals surface area contributed by atoms with E-state index >= 15 is 0 Å². The van der Waals surface area contributed by atoms with Crippen molar-refractivity contribution in [1.29, 1.82) is 0 Å². The molecule has 0 N–H and O–H groups in total. The van der Waals surface area contributed by atoms with Crippen molar-refractivity contribution in [2.75, 3.05) is 6.61 Å². The number of alkyl halides is 3. The third-order valence-electron chi connectivity index (χ3n) is 3.33. The van der Waals surface area contributed by atoms with E-state index in [4.69, 9.17) is 23.7 Å². The minimum absolute atomic E-state index is 0.314. The standard InChI is InChI=1S/C16H20Br3NO9/c1-7(21)25-5-11-12(26-8(2)22)13(27-9(3)23)14(28-10(4)24)15(29-11)20-6-16(17,18)19/h6,11-15H,5H2,1-4H3/t11-,12+,13+,14-,15-/m1/s1. The Morgan fingerprint density at radius 2 is 1.34 bits per heavy atom. The fourth-order valence-corrected chi connectivity index (χ4v) is 2.84. The van der Waals surface area contributed by atoms with Crippen LogP contribution >= 0.6 is 47.8 Å². The van der Waals surface area contributed by atoms with Gasteiger partial charge in [-0.05, 0) is 0 Å². The van der Waals surface area contributed by atoms with Crippen LogP contribution in [0.3, 0.4) is 0 Å². The summed E-state index contributed by atoms with van der Waals surface area (Å²) in [5.74, 6) is -2.70. The zero-order valence-electron chi connectivity index (χ0n) is 15.9. The van der Waals surface area contributed by atoms with Gasteiger partial charge in [0, 0.05) is 33.9 Å². The summed E-state index contributed by atoms with van der Waals surface area (Å²) in [6.45, 7) is 4.32. The lowest BCUT2D eigenvalue weighted by atomic mass is 9.97. The molecule has 0 aromatic rings. The summed E-state index contributed by atoms with van der Waals surface area (Å²) in [5.41, 5.74) is 0. The summed E-state index contributed by atoms with van der Waals surface area (Å²) in [6, 6.07) is 0. The lowest BCUT2D eigenvalue weighted by molar-refractivity contribution is -0.250. The molecule has 13 heteroatoms. The van der Waals surface area contributed by atoms with Crippen molar-refractivity contribution in [3.63, 3.8) is 0 Å². The summed E-state index contributed by atoms with van der Waals surface area (Å²) in [5, 5.41) is 0. The molecule has 1 rings (SSSR count). The van der Waals surface area contributed by atoms with Crippen LogP contribution in [0.2, 0.25) is 0 Å². The third-order valence-corrected chi connectivity index (χ3v) is 3.95. The highest BCUT2D eigenvalue weighted by Gasteiger charge is 2.52. The second-order valence-corrected chi connectivity index (χ2v) is 12.9. The van der Waals surface area contributed by atoms with Gasteiger partial charge < -0.3 is 23.7 Å². The molecular formula is C16H20Br3NO9. The second kappa shape index (κ2) is 11.4. The topological polar surface area (TPSA) is 127 Å². The van der Waals surface area contributed by atoms with Crippen LogP contribution in [0.5, 0.6) is 0 Å². The average molecular weight is 610 g/mol. The van der Waals surface area contributed by atoms with E-state index in [0.717, 1.165) is 20.8 Å². The van der Waals surface area contributed by atoms with Crippen LogP contribution in [-0.4, -0.2) is 69.5 Å². The summed E-state index contributed by atoms with van der Waals surface area (Å²) >= 11 is 9.71. The van der Waals surface area contributed by atoms with Crippen LogP contribution in [0.4, 0.5) is 0 Å². The van der Waals surface area contributed by atoms with E-state index in [-0.39, 0.29) is 6.61 Å². The molecule has 0 aromatic carbocycles. The van der Waals surface area contributed by atoms with Gasteiger partial charge in [-0.2, -0.15) is 0 Å². The molecule has 0 aromatic heterocycles. The van der Waals surface area contributed by atoms with Crippen LogP contribution in [0.25, 0.3) is 0 Å². The maximum atomic E-state index is 11.7. The maximum absolute atomic E-state index is 11.7. The maximum Gasteiger partial charge on any atom is 0.303 e. The van der Waals surface area contributed by atoms with E-state index in [0.29, 0.717) is 0 Å². The molecule has 1 aliphatic rings. The van der Waals surface area contributed by atoms with Crippen LogP contribution < -0.4 is 0 Å². The van der Waals surface area contributed by atoms with Gasteiger partial charge in [0.2, 0.25) is 0 Å². The first kappa shape index (κ1) is 26.0. The van der Waals surface area contributed by atoms with Crippen LogP contribution in [0.15, 0.2) is 4.99 Å². The van der Waals surface area contributed by atoms with Crippen LogP contribution in [0.1, 0.15) is 27.7 Å². The average Bonchev–Trinajstić information content (AvgIpc) is 2.53. The van der Waals surface area contributed by atoms with Crippen molar-refractivity contribution in [1.82, 2.24) is 0 Å². The van der Waals surface area contributed by atoms with E-state index in [9.17, 15) is 19.2 Å². The van der Waals surface area contributed by atoms with E-state index in [1.807, 2.05) is 0 Å². The number of aliphatic imine (C=N–C) groups is 1. The number of hydrogen-bond acceptors (Lipinski definition) is 10. The van der Waals surface area contributed by atoms with Crippen molar-refractivity contribution in [2.24, 2.45) is 4.99 Å². The number of esters is 4. The number of hydrogen-bond donors (Lipinski definition) is 0. The minimum Gasteiger partial charge on any atom is -0.463 e. The molecule has 0 saturated carbocycles. The highest BCUT2D eigenvalue weighted by molar-refractivity contribution is 9.40. The Morgan fingerprint density at radius 3 is 1.79 bits per heavy atom. The van der Waals surface area contributed by atoms with Gasteiger partial charge in [0.15, 0.2) is 26.7 Å². The van der Waals surface area contributed by atoms with Crippen LogP contribution in [-0.2, 0) is 42.9 Å². The van der Waals surface area contributed by atoms with Gasteiger partial charge in [-0.1, -0.05) is 47.8 Å². The zero-order chi connectivity index (χ0) is 22.4. The Kier molecular flexibility index (Phi) is 10.2. The van der Waals surface area contributed by atoms with Gasteiger partial charge in [0.1, 0.15) is 12.7 Å². The monoisotopic (exact) mass is 607 g/mol. The van der Waals surface area contributed by atoms with E-state index in [1.54, 1.807) is 0 Å². The smallest absolute Gasteiger partial charge is 0.303 e. The molecule has 10 nitrogen and oxygen atoms in total. The molecule has 0 aliphatic carbocycles. The van der Waals surface area contributed by atoms with Gasteiger partial charge in [0.25, 0.3) is 0 Å². The van der Waals surface area contributed by atoms with Crippen molar-refractivity contribution in [3.8, 4) is 0 Å². The summed E-state index contributed by atoms with van der Waals surface area (Å²) in [6.07, 6.45) is -4.56. The van der Waals surface area contributed by atoms with Crippen molar-refractivity contribution in [3.05, 3.63) is 0 Å². The molecule has 1 heterocycles. The highest BCUT2D eigenvalue weighted by Crippen LogP contribution is 2.33. The summed E-state index contributed by atoms with van der Waals surface area (Å²) in [7, 11) is 0. The number of carbonyl (C=O) groups is 4. The first-order chi connectivity index (χ1) is 13.3. The Morgan fingerprint density at radius 1 is 0.862 bits per heavy atom. The first-order valence-electron chi connectivity index (χ1n) is 8.21. The van der Waals surface area contributed by atoms with Gasteiger partial charge in [-0.25, -0.2) is 0 Å². The van der Waals surface area contributed by atoms with Gasteiger partial charge in [-0.15, -0.1) is 0 Å². The highest BCUT2D eigenvalue weighted by atomic mass is 80.0. The molecule has 1 fully saturated rings. The van der Waals surface area contributed by atoms with E-state index in [2.05, 4.69) is 52.8 Å². The molecule has 0 radical (unpaired) electrons. The number of carbonyl (C=O) groups excluding carboxylic acids is 4. The summed E-state index contributed by atoms with van der Waals surface area (Å²) < 4.78 is 25.7. The molecule has 0 bridgehead atoms. The fourth-order valence-electron chi connectivity index (χ4n) is 2.48. The molecule has 164 valence electrons. The molecule has 5 atom stereocenters. The van der Waals surface area contributed by atoms with Crippen molar-refractivity contribution < 1.29 is 42.9 Å². The number of rotatable bonds is 6. The Bertz CT molecular complexity index is 665.